The molecule has 0 saturated carbocycles. The van der Waals surface area contributed by atoms with Crippen molar-refractivity contribution in [3.8, 4) is 0 Å². The molecule has 2 atom stereocenters. The van der Waals surface area contributed by atoms with Crippen LogP contribution in [0.5, 0.6) is 0 Å². The number of hydrogen-bond donors (Lipinski definition) is 1. The van der Waals surface area contributed by atoms with Crippen molar-refractivity contribution in [2.24, 2.45) is 0 Å². The van der Waals surface area contributed by atoms with Crippen LogP contribution in [0.3, 0.4) is 0 Å². The third-order valence-electron chi connectivity index (χ3n) is 3.61. The van der Waals surface area contributed by atoms with Crippen LogP contribution in [0.25, 0.3) is 10.8 Å². The van der Waals surface area contributed by atoms with Gasteiger partial charge < -0.3 is 5.32 Å². The largest absolute Gasteiger partial charge is 0.306 e. The molecule has 4 heteroatoms. The Morgan fingerprint density at radius 1 is 1.05 bits per heavy atom. The number of nitrogens with one attached hydrogen (secondary N) is 1. The van der Waals surface area contributed by atoms with Gasteiger partial charge in [-0.1, -0.05) is 42.5 Å². The van der Waals surface area contributed by atoms with Crippen molar-refractivity contribution in [3.05, 3.63) is 48.0 Å². The summed E-state index contributed by atoms with van der Waals surface area (Å²) < 4.78 is 23.9. The van der Waals surface area contributed by atoms with Gasteiger partial charge in [0.25, 0.3) is 0 Å². The third kappa shape index (κ3) is 2.51. The van der Waals surface area contributed by atoms with Crippen molar-refractivity contribution in [3.63, 3.8) is 0 Å². The van der Waals surface area contributed by atoms with Crippen LogP contribution in [0, 0.1) is 0 Å². The molecule has 0 amide bonds. The first-order valence-corrected chi connectivity index (χ1v) is 8.31. The molecule has 1 saturated heterocycles. The minimum atomic E-state index is -2.96. The van der Waals surface area contributed by atoms with Crippen molar-refractivity contribution in [1.82, 2.24) is 5.32 Å². The molecule has 0 aromatic heterocycles. The van der Waals surface area contributed by atoms with Gasteiger partial charge in [-0.2, -0.15) is 0 Å². The number of hydrogen-bond acceptors (Lipinski definition) is 3. The third-order valence-corrected chi connectivity index (χ3v) is 5.46. The minimum Gasteiger partial charge on any atom is -0.306 e. The zero-order valence-corrected chi connectivity index (χ0v) is 11.7. The minimum absolute atomic E-state index is 0.00252. The maximum Gasteiger partial charge on any atom is 0.153 e. The molecule has 1 N–H and O–H groups in total. The summed E-state index contributed by atoms with van der Waals surface area (Å²) in [6.07, 6.45) is 0. The lowest BCUT2D eigenvalue weighted by molar-refractivity contribution is 0.470. The molecule has 19 heavy (non-hydrogen) atoms. The smallest absolute Gasteiger partial charge is 0.153 e. The highest BCUT2D eigenvalue weighted by Gasteiger charge is 2.30. The fourth-order valence-electron chi connectivity index (χ4n) is 2.88. The first kappa shape index (κ1) is 12.6. The highest BCUT2D eigenvalue weighted by molar-refractivity contribution is 7.91. The molecule has 0 bridgehead atoms. The van der Waals surface area contributed by atoms with Crippen LogP contribution in [0.2, 0.25) is 0 Å². The zero-order chi connectivity index (χ0) is 13.5. The zero-order valence-electron chi connectivity index (χ0n) is 10.8. The van der Waals surface area contributed by atoms with Gasteiger partial charge in [-0.3, -0.25) is 0 Å². The molecule has 1 aliphatic heterocycles. The van der Waals surface area contributed by atoms with Crippen molar-refractivity contribution in [2.75, 3.05) is 11.5 Å². The topological polar surface area (TPSA) is 46.2 Å². The van der Waals surface area contributed by atoms with E-state index in [1.165, 1.54) is 0 Å². The molecule has 1 aliphatic rings. The van der Waals surface area contributed by atoms with E-state index in [4.69, 9.17) is 0 Å². The first-order chi connectivity index (χ1) is 9.05. The van der Waals surface area contributed by atoms with Gasteiger partial charge in [-0.25, -0.2) is 8.42 Å². The Morgan fingerprint density at radius 3 is 2.58 bits per heavy atom. The highest BCUT2D eigenvalue weighted by atomic mass is 32.2. The molecule has 100 valence electrons. The summed E-state index contributed by atoms with van der Waals surface area (Å²) in [5, 5.41) is 5.68. The average Bonchev–Trinajstić information content (AvgIpc) is 2.35. The normalized spacial score (nSPS) is 26.4. The van der Waals surface area contributed by atoms with Crippen molar-refractivity contribution < 1.29 is 8.42 Å². The Kier molecular flexibility index (Phi) is 3.07. The standard InChI is InChI=1S/C15H17NO2S/c1-11-9-19(17,18)10-15(16-11)14-8-4-6-12-5-2-3-7-13(12)14/h2-8,11,15-16H,9-10H2,1H3. The van der Waals surface area contributed by atoms with Gasteiger partial charge in [0, 0.05) is 12.1 Å². The second-order valence-corrected chi connectivity index (χ2v) is 7.42. The molecular formula is C15H17NO2S. The lowest BCUT2D eigenvalue weighted by Gasteiger charge is -2.29. The predicted octanol–water partition coefficient (Wildman–Crippen LogP) is 2.29. The van der Waals surface area contributed by atoms with Crippen LogP contribution < -0.4 is 5.32 Å². The van der Waals surface area contributed by atoms with E-state index in [0.717, 1.165) is 16.3 Å². The van der Waals surface area contributed by atoms with Gasteiger partial charge in [0.2, 0.25) is 0 Å². The lowest BCUT2D eigenvalue weighted by Crippen LogP contribution is -2.45. The maximum atomic E-state index is 11.9. The van der Waals surface area contributed by atoms with Crippen LogP contribution in [-0.4, -0.2) is 26.0 Å². The summed E-state index contributed by atoms with van der Waals surface area (Å²) in [6.45, 7) is 1.93. The van der Waals surface area contributed by atoms with E-state index in [9.17, 15) is 8.42 Å². The van der Waals surface area contributed by atoms with Crippen molar-refractivity contribution in [1.29, 1.82) is 0 Å². The van der Waals surface area contributed by atoms with Crippen molar-refractivity contribution in [2.45, 2.75) is 19.0 Å². The van der Waals surface area contributed by atoms with Gasteiger partial charge in [-0.05, 0) is 23.3 Å². The lowest BCUT2D eigenvalue weighted by atomic mass is 9.99. The highest BCUT2D eigenvalue weighted by Crippen LogP contribution is 2.27. The molecule has 2 aromatic carbocycles. The van der Waals surface area contributed by atoms with Gasteiger partial charge in [0.05, 0.1) is 11.5 Å². The quantitative estimate of drug-likeness (QED) is 0.868. The van der Waals surface area contributed by atoms with E-state index < -0.39 is 9.84 Å². The summed E-state index contributed by atoms with van der Waals surface area (Å²) in [6, 6.07) is 14.1. The summed E-state index contributed by atoms with van der Waals surface area (Å²) >= 11 is 0. The van der Waals surface area contributed by atoms with E-state index in [0.29, 0.717) is 0 Å². The number of benzene rings is 2. The van der Waals surface area contributed by atoms with Crippen LogP contribution in [0.1, 0.15) is 18.5 Å². The Bertz CT molecular complexity index is 704. The summed E-state index contributed by atoms with van der Waals surface area (Å²) in [4.78, 5) is 0. The predicted molar refractivity (Wildman–Crippen MR) is 77.9 cm³/mol. The molecule has 1 heterocycles. The summed E-state index contributed by atoms with van der Waals surface area (Å²) in [7, 11) is -2.96. The monoisotopic (exact) mass is 275 g/mol. The molecule has 1 fully saturated rings. The average molecular weight is 275 g/mol. The van der Waals surface area contributed by atoms with E-state index in [2.05, 4.69) is 23.5 Å². The Morgan fingerprint density at radius 2 is 1.79 bits per heavy atom. The van der Waals surface area contributed by atoms with Crippen LogP contribution >= 0.6 is 0 Å². The van der Waals surface area contributed by atoms with Gasteiger partial charge in [0.1, 0.15) is 0 Å². The fraction of sp³-hybridized carbons (Fsp3) is 0.333. The van der Waals surface area contributed by atoms with Crippen LogP contribution in [-0.2, 0) is 9.84 Å². The molecule has 2 aromatic rings. The van der Waals surface area contributed by atoms with Gasteiger partial charge >= 0.3 is 0 Å². The summed E-state index contributed by atoms with van der Waals surface area (Å²) in [5.41, 5.74) is 1.08. The van der Waals surface area contributed by atoms with Crippen LogP contribution in [0.15, 0.2) is 42.5 Å². The number of sulfone groups is 1. The Labute approximate surface area is 113 Å². The molecule has 2 unspecified atom stereocenters. The van der Waals surface area contributed by atoms with Crippen molar-refractivity contribution >= 4 is 20.6 Å². The SMILES string of the molecule is CC1CS(=O)(=O)CC(c2cccc3ccccc23)N1. The molecule has 3 rings (SSSR count). The summed E-state index contributed by atoms with van der Waals surface area (Å²) in [5.74, 6) is 0.416. The molecule has 0 aliphatic carbocycles. The maximum absolute atomic E-state index is 11.9. The van der Waals surface area contributed by atoms with E-state index >= 15 is 0 Å². The molecule has 3 nitrogen and oxygen atoms in total. The Balaban J connectivity index is 2.09. The van der Waals surface area contributed by atoms with Crippen LogP contribution in [0.4, 0.5) is 0 Å². The van der Waals surface area contributed by atoms with E-state index in [1.807, 2.05) is 31.2 Å². The fourth-order valence-corrected chi connectivity index (χ4v) is 4.65. The Hall–Kier alpha value is -1.39. The van der Waals surface area contributed by atoms with E-state index in [1.54, 1.807) is 0 Å². The molecule has 0 spiro atoms. The second-order valence-electron chi connectivity index (χ2n) is 5.27. The van der Waals surface area contributed by atoms with Gasteiger partial charge in [0.15, 0.2) is 9.84 Å². The van der Waals surface area contributed by atoms with Gasteiger partial charge in [-0.15, -0.1) is 0 Å². The molecular weight excluding hydrogens is 258 g/mol. The first-order valence-electron chi connectivity index (χ1n) is 6.49. The molecule has 0 radical (unpaired) electrons. The number of fused-ring (bicyclic) bond motifs is 1. The number of rotatable bonds is 1. The second kappa shape index (κ2) is 4.62. The van der Waals surface area contributed by atoms with E-state index in [-0.39, 0.29) is 23.6 Å².